The predicted octanol–water partition coefficient (Wildman–Crippen LogP) is 2.73. The number of aryl methyl sites for hydroxylation is 1. The van der Waals surface area contributed by atoms with Gasteiger partial charge in [-0.2, -0.15) is 4.68 Å². The number of carbonyl (C=O) groups excluding carboxylic acids is 1. The molecule has 1 amide bonds. The standard InChI is InChI=1S/C23H28FN5O5/c1-6-7-14(3)34-18-11-17(29-23(32)28(4)19(12-30)27-29)16(24)10-15(18)21(31)26-20-13(2)8-9-25-22(20)33-5/h8-11,14,30H,6-7,12H2,1-5H3,(H,26,31)/t14-/m0/s1. The van der Waals surface area contributed by atoms with Gasteiger partial charge in [0.05, 0.1) is 18.8 Å². The number of aliphatic hydroxyl groups is 1. The SMILES string of the molecule is CCC[C@H](C)Oc1cc(-n2nc(CO)n(C)c2=O)c(F)cc1C(=O)Nc1c(C)ccnc1OC. The van der Waals surface area contributed by atoms with Crippen LogP contribution in [0.15, 0.2) is 29.2 Å². The van der Waals surface area contributed by atoms with Crippen LogP contribution in [0.3, 0.4) is 0 Å². The molecule has 0 unspecified atom stereocenters. The van der Waals surface area contributed by atoms with Crippen LogP contribution in [0, 0.1) is 12.7 Å². The number of halogens is 1. The summed E-state index contributed by atoms with van der Waals surface area (Å²) < 4.78 is 28.3. The van der Waals surface area contributed by atoms with E-state index in [1.807, 2.05) is 13.8 Å². The molecule has 0 aliphatic rings. The monoisotopic (exact) mass is 473 g/mol. The molecule has 0 saturated heterocycles. The molecule has 182 valence electrons. The number of benzene rings is 1. The molecule has 3 aromatic rings. The summed E-state index contributed by atoms with van der Waals surface area (Å²) in [6.45, 7) is 5.10. The molecule has 1 atom stereocenters. The summed E-state index contributed by atoms with van der Waals surface area (Å²) in [5, 5.41) is 16.1. The first-order chi connectivity index (χ1) is 16.2. The molecule has 0 spiro atoms. The Morgan fingerprint density at radius 1 is 1.35 bits per heavy atom. The minimum absolute atomic E-state index is 0.0622. The van der Waals surface area contributed by atoms with Crippen LogP contribution >= 0.6 is 0 Å². The molecule has 0 aliphatic carbocycles. The number of pyridine rings is 1. The van der Waals surface area contributed by atoms with Gasteiger partial charge in [0, 0.05) is 19.3 Å². The normalized spacial score (nSPS) is 11.9. The molecule has 10 nitrogen and oxygen atoms in total. The average molecular weight is 474 g/mol. The number of ether oxygens (including phenoxy) is 2. The largest absolute Gasteiger partial charge is 0.490 e. The first kappa shape index (κ1) is 24.9. The van der Waals surface area contributed by atoms with E-state index in [2.05, 4.69) is 15.4 Å². The van der Waals surface area contributed by atoms with Gasteiger partial charge in [0.1, 0.15) is 29.5 Å². The fourth-order valence-corrected chi connectivity index (χ4v) is 3.46. The highest BCUT2D eigenvalue weighted by atomic mass is 19.1. The summed E-state index contributed by atoms with van der Waals surface area (Å²) in [6, 6.07) is 3.96. The van der Waals surface area contributed by atoms with Crippen LogP contribution in [0.2, 0.25) is 0 Å². The number of carbonyl (C=O) groups is 1. The van der Waals surface area contributed by atoms with Crippen LogP contribution in [0.4, 0.5) is 10.1 Å². The van der Waals surface area contributed by atoms with Crippen molar-refractivity contribution in [2.45, 2.75) is 46.3 Å². The molecule has 0 fully saturated rings. The van der Waals surface area contributed by atoms with E-state index in [1.165, 1.54) is 20.2 Å². The number of aromatic nitrogens is 4. The molecule has 0 radical (unpaired) electrons. The lowest BCUT2D eigenvalue weighted by molar-refractivity contribution is 0.101. The van der Waals surface area contributed by atoms with Crippen molar-refractivity contribution in [2.75, 3.05) is 12.4 Å². The van der Waals surface area contributed by atoms with Gasteiger partial charge in [-0.15, -0.1) is 5.10 Å². The van der Waals surface area contributed by atoms with Crippen LogP contribution in [0.1, 0.15) is 48.4 Å². The van der Waals surface area contributed by atoms with E-state index in [9.17, 15) is 14.7 Å². The van der Waals surface area contributed by atoms with Crippen molar-refractivity contribution in [3.05, 3.63) is 57.6 Å². The van der Waals surface area contributed by atoms with Gasteiger partial charge in [-0.1, -0.05) is 13.3 Å². The maximum absolute atomic E-state index is 15.2. The number of rotatable bonds is 9. The molecular weight excluding hydrogens is 445 g/mol. The second-order valence-corrected chi connectivity index (χ2v) is 7.81. The zero-order valence-electron chi connectivity index (χ0n) is 19.8. The van der Waals surface area contributed by atoms with Crippen LogP contribution in [0.5, 0.6) is 11.6 Å². The van der Waals surface area contributed by atoms with Gasteiger partial charge in [-0.05, 0) is 38.0 Å². The second-order valence-electron chi connectivity index (χ2n) is 7.81. The van der Waals surface area contributed by atoms with Crippen LogP contribution in [-0.2, 0) is 13.7 Å². The van der Waals surface area contributed by atoms with Gasteiger partial charge in [0.2, 0.25) is 5.88 Å². The summed E-state index contributed by atoms with van der Waals surface area (Å²) in [5.74, 6) is -1.14. The number of hydrogen-bond acceptors (Lipinski definition) is 7. The first-order valence-corrected chi connectivity index (χ1v) is 10.8. The predicted molar refractivity (Wildman–Crippen MR) is 123 cm³/mol. The van der Waals surface area contributed by atoms with Crippen molar-refractivity contribution in [3.63, 3.8) is 0 Å². The molecule has 2 heterocycles. The van der Waals surface area contributed by atoms with E-state index in [4.69, 9.17) is 9.47 Å². The van der Waals surface area contributed by atoms with Crippen molar-refractivity contribution in [1.29, 1.82) is 0 Å². The van der Waals surface area contributed by atoms with Gasteiger partial charge in [0.25, 0.3) is 5.91 Å². The quantitative estimate of drug-likeness (QED) is 0.490. The van der Waals surface area contributed by atoms with E-state index in [0.717, 1.165) is 21.7 Å². The van der Waals surface area contributed by atoms with Crippen molar-refractivity contribution in [2.24, 2.45) is 7.05 Å². The Hall–Kier alpha value is -3.73. The molecular formula is C23H28FN5O5. The Bertz CT molecular complexity index is 1250. The molecule has 11 heteroatoms. The lowest BCUT2D eigenvalue weighted by Gasteiger charge is -2.19. The van der Waals surface area contributed by atoms with E-state index < -0.39 is 24.0 Å². The fourth-order valence-electron chi connectivity index (χ4n) is 3.46. The van der Waals surface area contributed by atoms with Gasteiger partial charge in [-0.3, -0.25) is 9.36 Å². The number of nitrogens with zero attached hydrogens (tertiary/aromatic N) is 4. The Morgan fingerprint density at radius 3 is 2.71 bits per heavy atom. The number of methoxy groups -OCH3 is 1. The Kier molecular flexibility index (Phi) is 7.67. The minimum atomic E-state index is -0.861. The maximum atomic E-state index is 15.2. The van der Waals surface area contributed by atoms with E-state index in [1.54, 1.807) is 19.2 Å². The molecule has 34 heavy (non-hydrogen) atoms. The second kappa shape index (κ2) is 10.5. The molecule has 2 N–H and O–H groups in total. The van der Waals surface area contributed by atoms with E-state index in [-0.39, 0.29) is 34.8 Å². The van der Waals surface area contributed by atoms with Crippen LogP contribution < -0.4 is 20.5 Å². The highest BCUT2D eigenvalue weighted by molar-refractivity contribution is 6.07. The van der Waals surface area contributed by atoms with Gasteiger partial charge in [0.15, 0.2) is 5.82 Å². The summed E-state index contributed by atoms with van der Waals surface area (Å²) in [4.78, 5) is 29.8. The van der Waals surface area contributed by atoms with Crippen molar-refractivity contribution in [3.8, 4) is 17.3 Å². The van der Waals surface area contributed by atoms with Crippen LogP contribution in [0.25, 0.3) is 5.69 Å². The lowest BCUT2D eigenvalue weighted by Crippen LogP contribution is -2.24. The first-order valence-electron chi connectivity index (χ1n) is 10.8. The van der Waals surface area contributed by atoms with Crippen LogP contribution in [-0.4, -0.2) is 43.6 Å². The van der Waals surface area contributed by atoms with Gasteiger partial charge >= 0.3 is 5.69 Å². The number of amides is 1. The summed E-state index contributed by atoms with van der Waals surface area (Å²) in [6.07, 6.45) is 2.80. The molecule has 3 rings (SSSR count). The zero-order chi connectivity index (χ0) is 25.0. The summed E-state index contributed by atoms with van der Waals surface area (Å²) in [5.41, 5.74) is 0.131. The van der Waals surface area contributed by atoms with E-state index >= 15 is 4.39 Å². The Balaban J connectivity index is 2.11. The van der Waals surface area contributed by atoms with Gasteiger partial charge in [-0.25, -0.2) is 14.2 Å². The third-order valence-corrected chi connectivity index (χ3v) is 5.31. The number of nitrogens with one attached hydrogen (secondary N) is 1. The Morgan fingerprint density at radius 2 is 2.09 bits per heavy atom. The molecule has 0 saturated carbocycles. The highest BCUT2D eigenvalue weighted by Gasteiger charge is 2.23. The Labute approximate surface area is 196 Å². The third kappa shape index (κ3) is 4.93. The average Bonchev–Trinajstić information content (AvgIpc) is 3.09. The van der Waals surface area contributed by atoms with Gasteiger partial charge < -0.3 is 19.9 Å². The topological polar surface area (TPSA) is 120 Å². The van der Waals surface area contributed by atoms with Crippen molar-refractivity contribution < 1.29 is 23.8 Å². The smallest absolute Gasteiger partial charge is 0.350 e. The zero-order valence-corrected chi connectivity index (χ0v) is 19.8. The highest BCUT2D eigenvalue weighted by Crippen LogP contribution is 2.30. The molecule has 0 bridgehead atoms. The summed E-state index contributed by atoms with van der Waals surface area (Å²) in [7, 11) is 2.85. The minimum Gasteiger partial charge on any atom is -0.490 e. The summed E-state index contributed by atoms with van der Waals surface area (Å²) >= 11 is 0. The number of hydrogen-bond donors (Lipinski definition) is 2. The lowest BCUT2D eigenvalue weighted by atomic mass is 10.1. The number of anilines is 1. The third-order valence-electron chi connectivity index (χ3n) is 5.31. The molecule has 1 aromatic carbocycles. The molecule has 2 aromatic heterocycles. The van der Waals surface area contributed by atoms with Crippen molar-refractivity contribution in [1.82, 2.24) is 19.3 Å². The molecule has 0 aliphatic heterocycles. The fraction of sp³-hybridized carbons (Fsp3) is 0.391. The number of aliphatic hydroxyl groups excluding tert-OH is 1. The van der Waals surface area contributed by atoms with Crippen molar-refractivity contribution >= 4 is 11.6 Å². The van der Waals surface area contributed by atoms with E-state index in [0.29, 0.717) is 17.7 Å². The maximum Gasteiger partial charge on any atom is 0.350 e.